The van der Waals surface area contributed by atoms with E-state index < -0.39 is 0 Å². The topological polar surface area (TPSA) is 41.9 Å². The van der Waals surface area contributed by atoms with Gasteiger partial charge < -0.3 is 10.6 Å². The van der Waals surface area contributed by atoms with Gasteiger partial charge in [-0.1, -0.05) is 17.7 Å². The first-order valence-corrected chi connectivity index (χ1v) is 7.62. The molecule has 0 fully saturated rings. The van der Waals surface area contributed by atoms with E-state index in [-0.39, 0.29) is 0 Å². The van der Waals surface area contributed by atoms with Crippen LogP contribution in [-0.2, 0) is 13.1 Å². The molecule has 0 saturated heterocycles. The monoisotopic (exact) mass is 352 g/mol. The minimum atomic E-state index is 0.601. The SMILES string of the molecule is CCn1ncc(Br)c1CNC(=S)Nc1ccc(C)cc1. The van der Waals surface area contributed by atoms with Crippen molar-refractivity contribution in [2.45, 2.75) is 26.9 Å². The lowest BCUT2D eigenvalue weighted by Gasteiger charge is -2.12. The number of rotatable bonds is 4. The van der Waals surface area contributed by atoms with Gasteiger partial charge in [0.15, 0.2) is 5.11 Å². The third kappa shape index (κ3) is 3.80. The summed E-state index contributed by atoms with van der Waals surface area (Å²) in [5.41, 5.74) is 3.29. The van der Waals surface area contributed by atoms with Crippen molar-refractivity contribution in [2.75, 3.05) is 5.32 Å². The highest BCUT2D eigenvalue weighted by Crippen LogP contribution is 2.15. The molecule has 0 saturated carbocycles. The van der Waals surface area contributed by atoms with E-state index in [1.165, 1.54) is 5.56 Å². The Labute approximate surface area is 132 Å². The van der Waals surface area contributed by atoms with Crippen molar-refractivity contribution >= 4 is 38.9 Å². The Morgan fingerprint density at radius 3 is 2.70 bits per heavy atom. The average Bonchev–Trinajstić information content (AvgIpc) is 2.79. The van der Waals surface area contributed by atoms with Gasteiger partial charge in [-0.05, 0) is 54.1 Å². The zero-order valence-corrected chi connectivity index (χ0v) is 13.9. The molecule has 1 heterocycles. The molecule has 106 valence electrons. The van der Waals surface area contributed by atoms with Gasteiger partial charge in [0.2, 0.25) is 0 Å². The van der Waals surface area contributed by atoms with Crippen LogP contribution in [0.1, 0.15) is 18.2 Å². The van der Waals surface area contributed by atoms with E-state index in [1.807, 2.05) is 28.9 Å². The van der Waals surface area contributed by atoms with Crippen molar-refractivity contribution in [3.8, 4) is 0 Å². The van der Waals surface area contributed by atoms with E-state index in [1.54, 1.807) is 6.20 Å². The minimum Gasteiger partial charge on any atom is -0.357 e. The van der Waals surface area contributed by atoms with E-state index >= 15 is 0 Å². The first kappa shape index (κ1) is 15.0. The first-order chi connectivity index (χ1) is 9.60. The molecule has 2 rings (SSSR count). The van der Waals surface area contributed by atoms with E-state index in [0.717, 1.165) is 22.4 Å². The number of aryl methyl sites for hydroxylation is 2. The number of benzene rings is 1. The van der Waals surface area contributed by atoms with Crippen LogP contribution in [0.2, 0.25) is 0 Å². The van der Waals surface area contributed by atoms with E-state index in [2.05, 4.69) is 45.5 Å². The molecule has 2 N–H and O–H groups in total. The predicted octanol–water partition coefficient (Wildman–Crippen LogP) is 3.46. The molecular weight excluding hydrogens is 336 g/mol. The van der Waals surface area contributed by atoms with Gasteiger partial charge in [-0.25, -0.2) is 0 Å². The second kappa shape index (κ2) is 6.85. The van der Waals surface area contributed by atoms with Gasteiger partial charge in [0.1, 0.15) is 0 Å². The number of hydrogen-bond acceptors (Lipinski definition) is 2. The molecule has 0 aliphatic heterocycles. The molecule has 0 bridgehead atoms. The van der Waals surface area contributed by atoms with Crippen molar-refractivity contribution in [1.82, 2.24) is 15.1 Å². The molecule has 0 amide bonds. The molecule has 4 nitrogen and oxygen atoms in total. The number of aromatic nitrogens is 2. The van der Waals surface area contributed by atoms with Crippen molar-refractivity contribution in [1.29, 1.82) is 0 Å². The van der Waals surface area contributed by atoms with Crippen molar-refractivity contribution < 1.29 is 0 Å². The van der Waals surface area contributed by atoms with E-state index in [4.69, 9.17) is 12.2 Å². The third-order valence-electron chi connectivity index (χ3n) is 2.92. The summed E-state index contributed by atoms with van der Waals surface area (Å²) in [4.78, 5) is 0. The summed E-state index contributed by atoms with van der Waals surface area (Å²) in [6.45, 7) is 5.59. The lowest BCUT2D eigenvalue weighted by molar-refractivity contribution is 0.613. The number of nitrogens with zero attached hydrogens (tertiary/aromatic N) is 2. The standard InChI is InChI=1S/C14H17BrN4S/c1-3-19-13(12(15)8-17-19)9-16-14(20)18-11-6-4-10(2)5-7-11/h4-8H,3,9H2,1-2H3,(H2,16,18,20). The predicted molar refractivity (Wildman–Crippen MR) is 89.8 cm³/mol. The molecule has 2 aromatic rings. The highest BCUT2D eigenvalue weighted by Gasteiger charge is 2.07. The Morgan fingerprint density at radius 1 is 1.35 bits per heavy atom. The number of halogens is 1. The molecule has 1 aromatic carbocycles. The summed E-state index contributed by atoms with van der Waals surface area (Å²) < 4.78 is 2.93. The summed E-state index contributed by atoms with van der Waals surface area (Å²) >= 11 is 8.79. The lowest BCUT2D eigenvalue weighted by atomic mass is 10.2. The van der Waals surface area contributed by atoms with Gasteiger partial charge in [-0.15, -0.1) is 0 Å². The van der Waals surface area contributed by atoms with E-state index in [0.29, 0.717) is 11.7 Å². The Kier molecular flexibility index (Phi) is 5.14. The van der Waals surface area contributed by atoms with Gasteiger partial charge in [0.05, 0.1) is 22.9 Å². The van der Waals surface area contributed by atoms with Gasteiger partial charge in [0, 0.05) is 12.2 Å². The van der Waals surface area contributed by atoms with Crippen LogP contribution in [0.5, 0.6) is 0 Å². The molecule has 0 aliphatic carbocycles. The molecule has 0 atom stereocenters. The summed E-state index contributed by atoms with van der Waals surface area (Å²) in [6, 6.07) is 8.12. The van der Waals surface area contributed by atoms with Gasteiger partial charge in [0.25, 0.3) is 0 Å². The minimum absolute atomic E-state index is 0.601. The van der Waals surface area contributed by atoms with Gasteiger partial charge in [-0.3, -0.25) is 4.68 Å². The zero-order chi connectivity index (χ0) is 14.5. The first-order valence-electron chi connectivity index (χ1n) is 6.42. The van der Waals surface area contributed by atoms with Crippen molar-refractivity contribution in [3.63, 3.8) is 0 Å². The molecule has 0 spiro atoms. The second-order valence-corrected chi connectivity index (χ2v) is 5.69. The fourth-order valence-corrected chi connectivity index (χ4v) is 2.44. The molecular formula is C14H17BrN4S. The largest absolute Gasteiger partial charge is 0.357 e. The Bertz CT molecular complexity index is 592. The van der Waals surface area contributed by atoms with Crippen LogP contribution in [0, 0.1) is 6.92 Å². The molecule has 1 aromatic heterocycles. The number of hydrogen-bond donors (Lipinski definition) is 2. The Morgan fingerprint density at radius 2 is 2.05 bits per heavy atom. The molecule has 0 aliphatic rings. The van der Waals surface area contributed by atoms with Crippen LogP contribution in [0.3, 0.4) is 0 Å². The number of anilines is 1. The summed E-state index contributed by atoms with van der Waals surface area (Å²) in [5.74, 6) is 0. The molecule has 20 heavy (non-hydrogen) atoms. The molecule has 0 unspecified atom stereocenters. The maximum absolute atomic E-state index is 5.30. The Balaban J connectivity index is 1.92. The quantitative estimate of drug-likeness (QED) is 0.826. The lowest BCUT2D eigenvalue weighted by Crippen LogP contribution is -2.29. The maximum Gasteiger partial charge on any atom is 0.171 e. The van der Waals surface area contributed by atoms with Gasteiger partial charge >= 0.3 is 0 Å². The fraction of sp³-hybridized carbons (Fsp3) is 0.286. The highest BCUT2D eigenvalue weighted by atomic mass is 79.9. The fourth-order valence-electron chi connectivity index (χ4n) is 1.81. The number of nitrogens with one attached hydrogen (secondary N) is 2. The van der Waals surface area contributed by atoms with Crippen LogP contribution in [-0.4, -0.2) is 14.9 Å². The smallest absolute Gasteiger partial charge is 0.171 e. The van der Waals surface area contributed by atoms with Crippen LogP contribution in [0.25, 0.3) is 0 Å². The van der Waals surface area contributed by atoms with E-state index in [9.17, 15) is 0 Å². The summed E-state index contributed by atoms with van der Waals surface area (Å²) in [6.07, 6.45) is 1.80. The molecule has 0 radical (unpaired) electrons. The number of thiocarbonyl (C=S) groups is 1. The Hall–Kier alpha value is -1.40. The van der Waals surface area contributed by atoms with Crippen molar-refractivity contribution in [3.05, 3.63) is 46.2 Å². The second-order valence-electron chi connectivity index (χ2n) is 4.43. The normalized spacial score (nSPS) is 10.3. The summed E-state index contributed by atoms with van der Waals surface area (Å²) in [5, 5.41) is 11.2. The van der Waals surface area contributed by atoms with Gasteiger partial charge in [-0.2, -0.15) is 5.10 Å². The van der Waals surface area contributed by atoms with Crippen LogP contribution in [0.15, 0.2) is 34.9 Å². The van der Waals surface area contributed by atoms with Crippen LogP contribution < -0.4 is 10.6 Å². The molecule has 6 heteroatoms. The third-order valence-corrected chi connectivity index (χ3v) is 3.83. The van der Waals surface area contributed by atoms with Crippen LogP contribution >= 0.6 is 28.1 Å². The zero-order valence-electron chi connectivity index (χ0n) is 11.5. The highest BCUT2D eigenvalue weighted by molar-refractivity contribution is 9.10. The average molecular weight is 353 g/mol. The van der Waals surface area contributed by atoms with Crippen molar-refractivity contribution in [2.24, 2.45) is 0 Å². The van der Waals surface area contributed by atoms with Crippen LogP contribution in [0.4, 0.5) is 5.69 Å². The summed E-state index contributed by atoms with van der Waals surface area (Å²) in [7, 11) is 0. The maximum atomic E-state index is 5.30.